The van der Waals surface area contributed by atoms with Crippen LogP contribution in [0.5, 0.6) is 0 Å². The van der Waals surface area contributed by atoms with E-state index in [1.54, 1.807) is 16.8 Å². The summed E-state index contributed by atoms with van der Waals surface area (Å²) in [7, 11) is 0. The van der Waals surface area contributed by atoms with E-state index in [4.69, 9.17) is 0 Å². The van der Waals surface area contributed by atoms with Gasteiger partial charge in [-0.25, -0.2) is 4.98 Å². The van der Waals surface area contributed by atoms with Gasteiger partial charge in [0.2, 0.25) is 0 Å². The van der Waals surface area contributed by atoms with Crippen LogP contribution < -0.4 is 5.32 Å². The molecule has 4 rings (SSSR count). The van der Waals surface area contributed by atoms with Gasteiger partial charge in [-0.2, -0.15) is 0 Å². The number of fused-ring (bicyclic) bond motifs is 2. The first-order chi connectivity index (χ1) is 11.7. The summed E-state index contributed by atoms with van der Waals surface area (Å²) >= 11 is 1.55. The summed E-state index contributed by atoms with van der Waals surface area (Å²) in [6.07, 6.45) is 2.81. The van der Waals surface area contributed by atoms with Crippen molar-refractivity contribution in [1.82, 2.24) is 15.3 Å². The number of H-pyrrole nitrogens is 1. The first-order valence-corrected chi connectivity index (χ1v) is 8.78. The van der Waals surface area contributed by atoms with Gasteiger partial charge < -0.3 is 10.3 Å². The van der Waals surface area contributed by atoms with Gasteiger partial charge >= 0.3 is 0 Å². The number of benzene rings is 2. The van der Waals surface area contributed by atoms with Gasteiger partial charge in [0.05, 0.1) is 15.7 Å². The normalized spacial score (nSPS) is 12.5. The summed E-state index contributed by atoms with van der Waals surface area (Å²) in [5.41, 5.74) is 5.75. The van der Waals surface area contributed by atoms with Gasteiger partial charge in [0.15, 0.2) is 0 Å². The standard InChI is InChI=1S/C19H17N3OS/c1-12(8-14-10-20-16-5-3-2-4-15(14)16)22-19(23)13-6-7-17-18(9-13)24-11-21-17/h2-7,9-12,20H,8H2,1H3,(H,22,23)/t12-/m1/s1. The highest BCUT2D eigenvalue weighted by molar-refractivity contribution is 7.16. The molecule has 0 saturated heterocycles. The van der Waals surface area contributed by atoms with Gasteiger partial charge in [-0.1, -0.05) is 18.2 Å². The number of rotatable bonds is 4. The molecule has 120 valence electrons. The lowest BCUT2D eigenvalue weighted by atomic mass is 10.1. The Morgan fingerprint density at radius 2 is 2.17 bits per heavy atom. The number of hydrogen-bond donors (Lipinski definition) is 2. The Balaban J connectivity index is 1.48. The van der Waals surface area contributed by atoms with E-state index < -0.39 is 0 Å². The van der Waals surface area contributed by atoms with Crippen molar-refractivity contribution in [2.24, 2.45) is 0 Å². The third-order valence-electron chi connectivity index (χ3n) is 4.17. The maximum absolute atomic E-state index is 12.5. The fraction of sp³-hybridized carbons (Fsp3) is 0.158. The van der Waals surface area contributed by atoms with Crippen molar-refractivity contribution in [1.29, 1.82) is 0 Å². The zero-order valence-electron chi connectivity index (χ0n) is 13.2. The number of hydrogen-bond acceptors (Lipinski definition) is 3. The number of aromatic amines is 1. The fourth-order valence-corrected chi connectivity index (χ4v) is 3.70. The number of nitrogens with one attached hydrogen (secondary N) is 2. The highest BCUT2D eigenvalue weighted by Gasteiger charge is 2.13. The molecule has 2 aromatic carbocycles. The molecule has 0 aliphatic carbocycles. The predicted octanol–water partition coefficient (Wildman–Crippen LogP) is 4.14. The quantitative estimate of drug-likeness (QED) is 0.589. The molecule has 1 atom stereocenters. The van der Waals surface area contributed by atoms with Crippen molar-refractivity contribution in [2.75, 3.05) is 0 Å². The summed E-state index contributed by atoms with van der Waals surface area (Å²) < 4.78 is 1.03. The molecule has 2 N–H and O–H groups in total. The molecule has 24 heavy (non-hydrogen) atoms. The van der Waals surface area contributed by atoms with E-state index in [9.17, 15) is 4.79 Å². The van der Waals surface area contributed by atoms with Gasteiger partial charge in [-0.05, 0) is 43.2 Å². The highest BCUT2D eigenvalue weighted by Crippen LogP contribution is 2.20. The van der Waals surface area contributed by atoms with E-state index in [0.717, 1.165) is 22.2 Å². The fourth-order valence-electron chi connectivity index (χ4n) is 2.98. The summed E-state index contributed by atoms with van der Waals surface area (Å²) in [4.78, 5) is 20.0. The number of thiazole rings is 1. The van der Waals surface area contributed by atoms with Crippen molar-refractivity contribution in [3.63, 3.8) is 0 Å². The largest absolute Gasteiger partial charge is 0.361 e. The second-order valence-electron chi connectivity index (χ2n) is 5.97. The van der Waals surface area contributed by atoms with E-state index in [2.05, 4.69) is 27.4 Å². The van der Waals surface area contributed by atoms with Gasteiger partial charge in [-0.3, -0.25) is 4.79 Å². The second kappa shape index (κ2) is 6.09. The smallest absolute Gasteiger partial charge is 0.251 e. The average Bonchev–Trinajstić information content (AvgIpc) is 3.21. The third-order valence-corrected chi connectivity index (χ3v) is 4.96. The zero-order chi connectivity index (χ0) is 16.5. The molecule has 4 aromatic rings. The van der Waals surface area contributed by atoms with E-state index in [0.29, 0.717) is 5.56 Å². The summed E-state index contributed by atoms with van der Waals surface area (Å²) in [6, 6.07) is 13.9. The van der Waals surface area contributed by atoms with Crippen LogP contribution >= 0.6 is 11.3 Å². The molecular formula is C19H17N3OS. The van der Waals surface area contributed by atoms with E-state index in [-0.39, 0.29) is 11.9 Å². The molecule has 0 aliphatic rings. The molecule has 1 amide bonds. The number of carbonyl (C=O) groups is 1. The van der Waals surface area contributed by atoms with E-state index in [1.165, 1.54) is 10.9 Å². The topological polar surface area (TPSA) is 57.8 Å². The van der Waals surface area contributed by atoms with Crippen molar-refractivity contribution < 1.29 is 4.79 Å². The highest BCUT2D eigenvalue weighted by atomic mass is 32.1. The van der Waals surface area contributed by atoms with Crippen molar-refractivity contribution in [3.8, 4) is 0 Å². The lowest BCUT2D eigenvalue weighted by molar-refractivity contribution is 0.0940. The number of aromatic nitrogens is 2. The number of para-hydroxylation sites is 1. The van der Waals surface area contributed by atoms with Gasteiger partial charge in [0.25, 0.3) is 5.91 Å². The van der Waals surface area contributed by atoms with Crippen molar-refractivity contribution >= 4 is 38.4 Å². The number of amides is 1. The SMILES string of the molecule is C[C@H](Cc1c[nH]c2ccccc12)NC(=O)c1ccc2ncsc2c1. The Hall–Kier alpha value is -2.66. The summed E-state index contributed by atoms with van der Waals surface area (Å²) in [6.45, 7) is 2.03. The minimum absolute atomic E-state index is 0.0439. The van der Waals surface area contributed by atoms with Crippen LogP contribution in [-0.4, -0.2) is 21.9 Å². The Bertz CT molecular complexity index is 1020. The monoisotopic (exact) mass is 335 g/mol. The molecule has 0 aliphatic heterocycles. The van der Waals surface area contributed by atoms with Crippen LogP contribution in [0.3, 0.4) is 0 Å². The summed E-state index contributed by atoms with van der Waals surface area (Å²) in [5.74, 6) is -0.0439. The maximum atomic E-state index is 12.5. The molecule has 0 fully saturated rings. The molecule has 5 heteroatoms. The predicted molar refractivity (Wildman–Crippen MR) is 98.6 cm³/mol. The molecule has 0 spiro atoms. The molecule has 2 aromatic heterocycles. The van der Waals surface area contributed by atoms with Crippen LogP contribution in [0, 0.1) is 0 Å². The Morgan fingerprint density at radius 1 is 1.29 bits per heavy atom. The van der Waals surface area contributed by atoms with Crippen LogP contribution in [0.4, 0.5) is 0 Å². The van der Waals surface area contributed by atoms with Crippen molar-refractivity contribution in [3.05, 3.63) is 65.3 Å². The van der Waals surface area contributed by atoms with Crippen LogP contribution in [0.1, 0.15) is 22.8 Å². The summed E-state index contributed by atoms with van der Waals surface area (Å²) in [5, 5.41) is 4.30. The van der Waals surface area contributed by atoms with Crippen LogP contribution in [0.25, 0.3) is 21.1 Å². The lowest BCUT2D eigenvalue weighted by Gasteiger charge is -2.13. The molecule has 0 saturated carbocycles. The first kappa shape index (κ1) is 14.9. The average molecular weight is 335 g/mol. The van der Waals surface area contributed by atoms with Gasteiger partial charge in [0, 0.05) is 28.7 Å². The number of carbonyl (C=O) groups excluding carboxylic acids is 1. The maximum Gasteiger partial charge on any atom is 0.251 e. The Labute approximate surface area is 143 Å². The van der Waals surface area contributed by atoms with Crippen LogP contribution in [0.15, 0.2) is 54.2 Å². The number of nitrogens with zero attached hydrogens (tertiary/aromatic N) is 1. The van der Waals surface area contributed by atoms with Crippen molar-refractivity contribution in [2.45, 2.75) is 19.4 Å². The zero-order valence-corrected chi connectivity index (χ0v) is 14.1. The first-order valence-electron chi connectivity index (χ1n) is 7.90. The van der Waals surface area contributed by atoms with E-state index >= 15 is 0 Å². The Morgan fingerprint density at radius 3 is 3.08 bits per heavy atom. The lowest BCUT2D eigenvalue weighted by Crippen LogP contribution is -2.34. The minimum Gasteiger partial charge on any atom is -0.361 e. The van der Waals surface area contributed by atoms with Gasteiger partial charge in [0.1, 0.15) is 0 Å². The molecule has 0 radical (unpaired) electrons. The molecule has 2 heterocycles. The third kappa shape index (κ3) is 2.78. The molecular weight excluding hydrogens is 318 g/mol. The van der Waals surface area contributed by atoms with Gasteiger partial charge in [-0.15, -0.1) is 11.3 Å². The Kier molecular flexibility index (Phi) is 3.78. The molecule has 0 unspecified atom stereocenters. The molecule has 4 nitrogen and oxygen atoms in total. The van der Waals surface area contributed by atoms with Crippen LogP contribution in [0.2, 0.25) is 0 Å². The second-order valence-corrected chi connectivity index (χ2v) is 6.86. The minimum atomic E-state index is -0.0439. The molecule has 0 bridgehead atoms. The van der Waals surface area contributed by atoms with Crippen LogP contribution in [-0.2, 0) is 6.42 Å². The van der Waals surface area contributed by atoms with E-state index in [1.807, 2.05) is 43.5 Å².